The Morgan fingerprint density at radius 3 is 2.37 bits per heavy atom. The van der Waals surface area contributed by atoms with Gasteiger partial charge in [-0.3, -0.25) is 24.1 Å². The Hall–Kier alpha value is -4.67. The number of carbonyl (C=O) groups excluding carboxylic acids is 3. The number of hydrogen-bond acceptors (Lipinski definition) is 7. The number of hydrogen-bond donors (Lipinski definition) is 2. The van der Waals surface area contributed by atoms with Crippen LogP contribution in [-0.4, -0.2) is 57.5 Å². The van der Waals surface area contributed by atoms with Gasteiger partial charge >= 0.3 is 5.91 Å². The minimum atomic E-state index is -0.894. The van der Waals surface area contributed by atoms with Crippen LogP contribution in [0.3, 0.4) is 0 Å². The molecule has 212 valence electrons. The molecule has 0 saturated carbocycles. The monoisotopic (exact) mass is 554 g/mol. The van der Waals surface area contributed by atoms with Gasteiger partial charge < -0.3 is 5.32 Å². The topological polar surface area (TPSA) is 118 Å². The Morgan fingerprint density at radius 1 is 0.951 bits per heavy atom. The van der Waals surface area contributed by atoms with Crippen molar-refractivity contribution >= 4 is 17.6 Å². The van der Waals surface area contributed by atoms with Gasteiger partial charge in [-0.2, -0.15) is 5.10 Å². The molecule has 1 unspecified atom stereocenters. The first-order valence-electron chi connectivity index (χ1n) is 13.5. The second-order valence-corrected chi connectivity index (χ2v) is 9.38. The SMILES string of the molecule is CCN(CC)Cc1ccc(-c2ccn(-c3ncccc3C(=O)NC(CC(=O)C(=O)NOC)c3ccccc3)n2)cc1. The van der Waals surface area contributed by atoms with Crippen molar-refractivity contribution in [3.63, 3.8) is 0 Å². The second-order valence-electron chi connectivity index (χ2n) is 9.38. The van der Waals surface area contributed by atoms with Gasteiger partial charge in [-0.25, -0.2) is 15.1 Å². The lowest BCUT2D eigenvalue weighted by Crippen LogP contribution is -2.36. The first-order chi connectivity index (χ1) is 19.9. The van der Waals surface area contributed by atoms with E-state index in [1.54, 1.807) is 53.5 Å². The molecule has 4 aromatic rings. The Kier molecular flexibility index (Phi) is 10.1. The highest BCUT2D eigenvalue weighted by molar-refractivity contribution is 6.36. The molecule has 0 bridgehead atoms. The Labute approximate surface area is 239 Å². The van der Waals surface area contributed by atoms with Crippen molar-refractivity contribution < 1.29 is 19.2 Å². The van der Waals surface area contributed by atoms with Crippen LogP contribution in [0, 0.1) is 0 Å². The summed E-state index contributed by atoms with van der Waals surface area (Å²) in [6.07, 6.45) is 3.09. The van der Waals surface area contributed by atoms with Gasteiger partial charge in [-0.15, -0.1) is 0 Å². The van der Waals surface area contributed by atoms with Crippen molar-refractivity contribution in [2.75, 3.05) is 20.2 Å². The lowest BCUT2D eigenvalue weighted by Gasteiger charge is -2.19. The Morgan fingerprint density at radius 2 is 1.68 bits per heavy atom. The highest BCUT2D eigenvalue weighted by Crippen LogP contribution is 2.22. The summed E-state index contributed by atoms with van der Waals surface area (Å²) in [4.78, 5) is 49.3. The molecule has 0 spiro atoms. The second kappa shape index (κ2) is 14.1. The molecule has 0 aliphatic heterocycles. The molecule has 1 atom stereocenters. The molecule has 2 aromatic carbocycles. The van der Waals surface area contributed by atoms with Crippen LogP contribution in [0.5, 0.6) is 0 Å². The van der Waals surface area contributed by atoms with Crippen molar-refractivity contribution in [1.82, 2.24) is 30.5 Å². The van der Waals surface area contributed by atoms with E-state index in [0.29, 0.717) is 11.4 Å². The number of ketones is 1. The molecule has 0 saturated heterocycles. The fourth-order valence-corrected chi connectivity index (χ4v) is 4.44. The third kappa shape index (κ3) is 7.50. The van der Waals surface area contributed by atoms with E-state index in [1.165, 1.54) is 12.7 Å². The predicted molar refractivity (Wildman–Crippen MR) is 155 cm³/mol. The molecule has 2 amide bonds. The van der Waals surface area contributed by atoms with Crippen LogP contribution >= 0.6 is 0 Å². The van der Waals surface area contributed by atoms with Gasteiger partial charge in [-0.1, -0.05) is 68.4 Å². The van der Waals surface area contributed by atoms with Crippen LogP contribution in [-0.2, 0) is 21.0 Å². The van der Waals surface area contributed by atoms with Crippen LogP contribution in [0.15, 0.2) is 85.2 Å². The maximum Gasteiger partial charge on any atom is 0.310 e. The van der Waals surface area contributed by atoms with Crippen molar-refractivity contribution in [2.24, 2.45) is 0 Å². The molecule has 2 aromatic heterocycles. The van der Waals surface area contributed by atoms with Crippen molar-refractivity contribution in [2.45, 2.75) is 32.9 Å². The first kappa shape index (κ1) is 29.3. The summed E-state index contributed by atoms with van der Waals surface area (Å²) < 4.78 is 1.56. The predicted octanol–water partition coefficient (Wildman–Crippen LogP) is 3.88. The average molecular weight is 555 g/mol. The molecule has 2 N–H and O–H groups in total. The summed E-state index contributed by atoms with van der Waals surface area (Å²) >= 11 is 0. The number of aromatic nitrogens is 3. The number of rotatable bonds is 13. The zero-order valence-electron chi connectivity index (χ0n) is 23.4. The minimum Gasteiger partial charge on any atom is -0.345 e. The molecule has 0 fully saturated rings. The quantitative estimate of drug-likeness (QED) is 0.190. The molecular weight excluding hydrogens is 520 g/mol. The molecule has 2 heterocycles. The van der Waals surface area contributed by atoms with E-state index in [1.807, 2.05) is 29.7 Å². The standard InChI is InChI=1S/C31H34N6O4/c1-4-36(5-2)21-22-13-15-24(16-14-22)26-17-19-37(34-26)29-25(12-9-18-32-29)30(39)33-27(23-10-7-6-8-11-23)20-28(38)31(40)35-41-3/h6-19,27H,4-5,20-21H2,1-3H3,(H,33,39)(H,35,40). The maximum atomic E-state index is 13.5. The van der Waals surface area contributed by atoms with Gasteiger partial charge in [-0.05, 0) is 42.4 Å². The van der Waals surface area contributed by atoms with Crippen LogP contribution in [0.4, 0.5) is 0 Å². The zero-order valence-corrected chi connectivity index (χ0v) is 23.4. The lowest BCUT2D eigenvalue weighted by atomic mass is 10.0. The highest BCUT2D eigenvalue weighted by atomic mass is 16.6. The molecule has 10 heteroatoms. The largest absolute Gasteiger partial charge is 0.345 e. The smallest absolute Gasteiger partial charge is 0.310 e. The first-order valence-corrected chi connectivity index (χ1v) is 13.5. The summed E-state index contributed by atoms with van der Waals surface area (Å²) in [6, 6.07) is 21.7. The van der Waals surface area contributed by atoms with Gasteiger partial charge in [0.15, 0.2) is 5.82 Å². The van der Waals surface area contributed by atoms with E-state index in [4.69, 9.17) is 0 Å². The molecule has 4 rings (SSSR count). The van der Waals surface area contributed by atoms with Gasteiger partial charge in [0, 0.05) is 30.9 Å². The Balaban J connectivity index is 1.55. The minimum absolute atomic E-state index is 0.253. The molecule has 0 radical (unpaired) electrons. The van der Waals surface area contributed by atoms with Crippen LogP contribution in [0.2, 0.25) is 0 Å². The molecule has 41 heavy (non-hydrogen) atoms. The maximum absolute atomic E-state index is 13.5. The van der Waals surface area contributed by atoms with E-state index in [-0.39, 0.29) is 12.0 Å². The van der Waals surface area contributed by atoms with Crippen LogP contribution in [0.1, 0.15) is 47.8 Å². The van der Waals surface area contributed by atoms with Gasteiger partial charge in [0.25, 0.3) is 5.91 Å². The molecule has 10 nitrogen and oxygen atoms in total. The van der Waals surface area contributed by atoms with Crippen molar-refractivity contribution in [3.8, 4) is 17.1 Å². The summed E-state index contributed by atoms with van der Waals surface area (Å²) in [7, 11) is 1.24. The number of nitrogens with zero attached hydrogens (tertiary/aromatic N) is 4. The zero-order chi connectivity index (χ0) is 29.2. The third-order valence-corrected chi connectivity index (χ3v) is 6.73. The van der Waals surface area contributed by atoms with E-state index < -0.39 is 23.6 Å². The van der Waals surface area contributed by atoms with Crippen molar-refractivity contribution in [3.05, 3.63) is 102 Å². The summed E-state index contributed by atoms with van der Waals surface area (Å²) in [6.45, 7) is 7.18. The number of benzene rings is 2. The fraction of sp³-hybridized carbons (Fsp3) is 0.258. The summed E-state index contributed by atoms with van der Waals surface area (Å²) in [5.74, 6) is -1.74. The number of amides is 2. The normalized spacial score (nSPS) is 11.7. The van der Waals surface area contributed by atoms with E-state index in [9.17, 15) is 14.4 Å². The molecule has 0 aliphatic carbocycles. The van der Waals surface area contributed by atoms with E-state index in [2.05, 4.69) is 51.1 Å². The lowest BCUT2D eigenvalue weighted by molar-refractivity contribution is -0.144. The molecule has 0 aliphatic rings. The van der Waals surface area contributed by atoms with E-state index in [0.717, 1.165) is 30.9 Å². The van der Waals surface area contributed by atoms with Crippen LogP contribution < -0.4 is 10.8 Å². The average Bonchev–Trinajstić information content (AvgIpc) is 3.50. The van der Waals surface area contributed by atoms with Crippen LogP contribution in [0.25, 0.3) is 17.1 Å². The summed E-state index contributed by atoms with van der Waals surface area (Å²) in [5.41, 5.74) is 5.89. The third-order valence-electron chi connectivity index (χ3n) is 6.73. The Bertz CT molecular complexity index is 1470. The molecular formula is C31H34N6O4. The number of Topliss-reactive ketones (excluding diaryl/α,β-unsaturated/α-hetero) is 1. The highest BCUT2D eigenvalue weighted by Gasteiger charge is 2.25. The number of pyridine rings is 1. The fourth-order valence-electron chi connectivity index (χ4n) is 4.44. The number of nitrogens with one attached hydrogen (secondary N) is 2. The number of hydroxylamine groups is 1. The van der Waals surface area contributed by atoms with Gasteiger partial charge in [0.05, 0.1) is 24.4 Å². The van der Waals surface area contributed by atoms with Gasteiger partial charge in [0.1, 0.15) is 0 Å². The number of carbonyl (C=O) groups is 3. The van der Waals surface area contributed by atoms with Gasteiger partial charge in [0.2, 0.25) is 5.78 Å². The van der Waals surface area contributed by atoms with E-state index >= 15 is 0 Å². The summed E-state index contributed by atoms with van der Waals surface area (Å²) in [5, 5.41) is 7.58. The van der Waals surface area contributed by atoms with Crippen molar-refractivity contribution in [1.29, 1.82) is 0 Å².